The second kappa shape index (κ2) is 8.23. The molecule has 4 nitrogen and oxygen atoms in total. The SMILES string of the molecule is COc1cc(/C=C2\Sc3ccccc3NC2=O)ccc1OCc1ccccc1. The van der Waals surface area contributed by atoms with Crippen molar-refractivity contribution in [2.75, 3.05) is 12.4 Å². The Kier molecular flexibility index (Phi) is 5.35. The van der Waals surface area contributed by atoms with Gasteiger partial charge in [0.15, 0.2) is 11.5 Å². The highest BCUT2D eigenvalue weighted by molar-refractivity contribution is 8.04. The van der Waals surface area contributed by atoms with Crippen LogP contribution in [-0.2, 0) is 11.4 Å². The number of fused-ring (bicyclic) bond motifs is 1. The lowest BCUT2D eigenvalue weighted by Gasteiger charge is -2.18. The van der Waals surface area contributed by atoms with Gasteiger partial charge in [-0.2, -0.15) is 0 Å². The molecule has 1 heterocycles. The van der Waals surface area contributed by atoms with Gasteiger partial charge in [-0.3, -0.25) is 4.79 Å². The number of para-hydroxylation sites is 1. The maximum Gasteiger partial charge on any atom is 0.262 e. The highest BCUT2D eigenvalue weighted by Crippen LogP contribution is 2.39. The number of hydrogen-bond acceptors (Lipinski definition) is 4. The number of rotatable bonds is 5. The van der Waals surface area contributed by atoms with Crippen LogP contribution in [0.4, 0.5) is 5.69 Å². The van der Waals surface area contributed by atoms with Crippen LogP contribution in [0, 0.1) is 0 Å². The summed E-state index contributed by atoms with van der Waals surface area (Å²) in [6, 6.07) is 23.4. The number of carbonyl (C=O) groups is 1. The Morgan fingerprint density at radius 1 is 0.964 bits per heavy atom. The summed E-state index contributed by atoms with van der Waals surface area (Å²) in [6.45, 7) is 0.465. The molecular formula is C23H19NO3S. The second-order valence-electron chi connectivity index (χ2n) is 6.25. The lowest BCUT2D eigenvalue weighted by Crippen LogP contribution is -2.17. The van der Waals surface area contributed by atoms with E-state index < -0.39 is 0 Å². The molecule has 3 aromatic carbocycles. The third-order valence-electron chi connectivity index (χ3n) is 4.30. The molecule has 0 atom stereocenters. The molecule has 0 spiro atoms. The fourth-order valence-electron chi connectivity index (χ4n) is 2.88. The van der Waals surface area contributed by atoms with E-state index in [-0.39, 0.29) is 5.91 Å². The number of benzene rings is 3. The number of hydrogen-bond donors (Lipinski definition) is 1. The van der Waals surface area contributed by atoms with Crippen molar-refractivity contribution in [1.82, 2.24) is 0 Å². The Morgan fingerprint density at radius 2 is 1.75 bits per heavy atom. The minimum atomic E-state index is -0.105. The summed E-state index contributed by atoms with van der Waals surface area (Å²) in [5, 5.41) is 2.92. The van der Waals surface area contributed by atoms with Crippen molar-refractivity contribution in [3.63, 3.8) is 0 Å². The largest absolute Gasteiger partial charge is 0.493 e. The third-order valence-corrected chi connectivity index (χ3v) is 5.40. The van der Waals surface area contributed by atoms with Crippen LogP contribution >= 0.6 is 11.8 Å². The summed E-state index contributed by atoms with van der Waals surface area (Å²) in [5.41, 5.74) is 2.81. The van der Waals surface area contributed by atoms with Gasteiger partial charge in [0.25, 0.3) is 5.91 Å². The molecule has 0 bridgehead atoms. The molecule has 0 unspecified atom stereocenters. The van der Waals surface area contributed by atoms with Crippen molar-refractivity contribution in [2.24, 2.45) is 0 Å². The molecule has 0 saturated heterocycles. The first-order valence-electron chi connectivity index (χ1n) is 8.87. The summed E-state index contributed by atoms with van der Waals surface area (Å²) >= 11 is 1.46. The number of amides is 1. The lowest BCUT2D eigenvalue weighted by molar-refractivity contribution is -0.112. The third kappa shape index (κ3) is 4.05. The molecule has 0 radical (unpaired) electrons. The molecule has 3 aromatic rings. The molecule has 0 aliphatic carbocycles. The van der Waals surface area contributed by atoms with Gasteiger partial charge in [-0.1, -0.05) is 60.3 Å². The van der Waals surface area contributed by atoms with E-state index in [9.17, 15) is 4.79 Å². The molecule has 1 amide bonds. The zero-order valence-corrected chi connectivity index (χ0v) is 16.2. The highest BCUT2D eigenvalue weighted by Gasteiger charge is 2.20. The van der Waals surface area contributed by atoms with Gasteiger partial charge in [0, 0.05) is 4.90 Å². The van der Waals surface area contributed by atoms with Crippen molar-refractivity contribution in [1.29, 1.82) is 0 Å². The van der Waals surface area contributed by atoms with Crippen LogP contribution in [0.15, 0.2) is 82.6 Å². The van der Waals surface area contributed by atoms with Crippen molar-refractivity contribution < 1.29 is 14.3 Å². The summed E-state index contributed by atoms with van der Waals surface area (Å²) in [4.78, 5) is 14.1. The van der Waals surface area contributed by atoms with Gasteiger partial charge >= 0.3 is 0 Å². The van der Waals surface area contributed by atoms with Gasteiger partial charge in [-0.25, -0.2) is 0 Å². The molecule has 0 aromatic heterocycles. The van der Waals surface area contributed by atoms with Gasteiger partial charge in [-0.05, 0) is 41.5 Å². The van der Waals surface area contributed by atoms with E-state index in [1.807, 2.05) is 78.9 Å². The molecule has 28 heavy (non-hydrogen) atoms. The molecule has 0 saturated carbocycles. The van der Waals surface area contributed by atoms with E-state index in [0.717, 1.165) is 21.7 Å². The molecule has 1 aliphatic rings. The number of anilines is 1. The monoisotopic (exact) mass is 389 g/mol. The lowest BCUT2D eigenvalue weighted by atomic mass is 10.1. The molecule has 140 valence electrons. The van der Waals surface area contributed by atoms with E-state index >= 15 is 0 Å². The molecule has 4 rings (SSSR count). The number of methoxy groups -OCH3 is 1. The first kappa shape index (κ1) is 18.2. The minimum Gasteiger partial charge on any atom is -0.493 e. The van der Waals surface area contributed by atoms with Crippen molar-refractivity contribution in [3.05, 3.63) is 88.8 Å². The summed E-state index contributed by atoms with van der Waals surface area (Å²) < 4.78 is 11.4. The minimum absolute atomic E-state index is 0.105. The topological polar surface area (TPSA) is 47.6 Å². The van der Waals surface area contributed by atoms with Gasteiger partial charge < -0.3 is 14.8 Å². The maximum atomic E-state index is 12.4. The molecule has 5 heteroatoms. The molecular weight excluding hydrogens is 370 g/mol. The summed E-state index contributed by atoms with van der Waals surface area (Å²) in [6.07, 6.45) is 1.86. The summed E-state index contributed by atoms with van der Waals surface area (Å²) in [5.74, 6) is 1.19. The Labute approximate surface area is 168 Å². The number of nitrogens with one attached hydrogen (secondary N) is 1. The Balaban J connectivity index is 1.54. The van der Waals surface area contributed by atoms with Crippen LogP contribution in [0.25, 0.3) is 6.08 Å². The Bertz CT molecular complexity index is 1030. The van der Waals surface area contributed by atoms with E-state index in [2.05, 4.69) is 5.32 Å². The predicted molar refractivity (Wildman–Crippen MR) is 113 cm³/mol. The zero-order chi connectivity index (χ0) is 19.3. The fraction of sp³-hybridized carbons (Fsp3) is 0.0870. The quantitative estimate of drug-likeness (QED) is 0.597. The average Bonchev–Trinajstić information content (AvgIpc) is 2.74. The smallest absolute Gasteiger partial charge is 0.262 e. The van der Waals surface area contributed by atoms with Crippen molar-refractivity contribution in [3.8, 4) is 11.5 Å². The van der Waals surface area contributed by atoms with Crippen molar-refractivity contribution in [2.45, 2.75) is 11.5 Å². The number of ether oxygens (including phenoxy) is 2. The average molecular weight is 389 g/mol. The van der Waals surface area contributed by atoms with Crippen LogP contribution < -0.4 is 14.8 Å². The zero-order valence-electron chi connectivity index (χ0n) is 15.3. The second-order valence-corrected chi connectivity index (χ2v) is 7.33. The van der Waals surface area contributed by atoms with Crippen LogP contribution in [0.1, 0.15) is 11.1 Å². The van der Waals surface area contributed by atoms with E-state index in [0.29, 0.717) is 23.0 Å². The summed E-state index contributed by atoms with van der Waals surface area (Å²) in [7, 11) is 1.61. The first-order chi connectivity index (χ1) is 13.7. The molecule has 1 N–H and O–H groups in total. The maximum absolute atomic E-state index is 12.4. The Morgan fingerprint density at radius 3 is 2.57 bits per heavy atom. The van der Waals surface area contributed by atoms with Crippen LogP contribution in [0.2, 0.25) is 0 Å². The van der Waals surface area contributed by atoms with Gasteiger partial charge in [0.2, 0.25) is 0 Å². The van der Waals surface area contributed by atoms with E-state index in [1.54, 1.807) is 7.11 Å². The fourth-order valence-corrected chi connectivity index (χ4v) is 3.83. The van der Waals surface area contributed by atoms with E-state index in [4.69, 9.17) is 9.47 Å². The van der Waals surface area contributed by atoms with Crippen LogP contribution in [-0.4, -0.2) is 13.0 Å². The molecule has 1 aliphatic heterocycles. The highest BCUT2D eigenvalue weighted by atomic mass is 32.2. The Hall–Kier alpha value is -3.18. The van der Waals surface area contributed by atoms with Crippen LogP contribution in [0.3, 0.4) is 0 Å². The first-order valence-corrected chi connectivity index (χ1v) is 9.69. The van der Waals surface area contributed by atoms with E-state index in [1.165, 1.54) is 11.8 Å². The number of thioether (sulfide) groups is 1. The van der Waals surface area contributed by atoms with Gasteiger partial charge in [0.1, 0.15) is 6.61 Å². The normalized spacial score (nSPS) is 14.3. The van der Waals surface area contributed by atoms with Gasteiger partial charge in [0.05, 0.1) is 17.7 Å². The van der Waals surface area contributed by atoms with Crippen LogP contribution in [0.5, 0.6) is 11.5 Å². The predicted octanol–water partition coefficient (Wildman–Crippen LogP) is 5.36. The van der Waals surface area contributed by atoms with Gasteiger partial charge in [-0.15, -0.1) is 0 Å². The standard InChI is InChI=1S/C23H19NO3S/c1-26-20-13-17(11-12-19(20)27-15-16-7-3-2-4-8-16)14-22-23(25)24-18-9-5-6-10-21(18)28-22/h2-14H,15H2,1H3,(H,24,25)/b22-14-. The molecule has 0 fully saturated rings. The number of carbonyl (C=O) groups excluding carboxylic acids is 1. The van der Waals surface area contributed by atoms with Crippen molar-refractivity contribution >= 4 is 29.4 Å².